The highest BCUT2D eigenvalue weighted by Crippen LogP contribution is 2.41. The van der Waals surface area contributed by atoms with Gasteiger partial charge in [0.1, 0.15) is 4.90 Å². The van der Waals surface area contributed by atoms with Gasteiger partial charge in [0.25, 0.3) is 10.0 Å². The van der Waals surface area contributed by atoms with Crippen molar-refractivity contribution in [3.63, 3.8) is 0 Å². The number of fused-ring (bicyclic) bond motifs is 1. The van der Waals surface area contributed by atoms with E-state index >= 15 is 0 Å². The summed E-state index contributed by atoms with van der Waals surface area (Å²) in [7, 11) is -3.85. The molecule has 0 aliphatic carbocycles. The van der Waals surface area contributed by atoms with Gasteiger partial charge in [-0.05, 0) is 62.6 Å². The Bertz CT molecular complexity index is 1000. The lowest BCUT2D eigenvalue weighted by molar-refractivity contribution is -0.116. The lowest BCUT2D eigenvalue weighted by atomic mass is 10.1. The molecule has 0 radical (unpaired) electrons. The molecule has 27 heavy (non-hydrogen) atoms. The quantitative estimate of drug-likeness (QED) is 0.698. The van der Waals surface area contributed by atoms with Crippen molar-refractivity contribution < 1.29 is 13.2 Å². The number of sulfonamides is 1. The van der Waals surface area contributed by atoms with Gasteiger partial charge in [-0.3, -0.25) is 9.10 Å². The molecule has 2 aromatic rings. The van der Waals surface area contributed by atoms with Crippen LogP contribution in [0.25, 0.3) is 0 Å². The molecule has 0 bridgehead atoms. The SMILES string of the molecule is CCN(c1cccc(C)c1)S(=O)(=O)c1cc(Br)cc2c1N(C(C)=O)[C@@H](C)C2. The number of carbonyl (C=O) groups is 1. The molecule has 1 amide bonds. The van der Waals surface area contributed by atoms with E-state index in [9.17, 15) is 13.2 Å². The van der Waals surface area contributed by atoms with E-state index in [0.717, 1.165) is 11.1 Å². The average Bonchev–Trinajstić information content (AvgIpc) is 2.90. The first-order valence-electron chi connectivity index (χ1n) is 8.88. The minimum Gasteiger partial charge on any atom is -0.308 e. The molecule has 0 saturated carbocycles. The van der Waals surface area contributed by atoms with Crippen molar-refractivity contribution in [1.82, 2.24) is 0 Å². The fourth-order valence-corrected chi connectivity index (χ4v) is 6.12. The summed E-state index contributed by atoms with van der Waals surface area (Å²) in [5.41, 5.74) is 2.97. The third-order valence-corrected chi connectivity index (χ3v) is 7.17. The van der Waals surface area contributed by atoms with Crippen LogP contribution in [0.3, 0.4) is 0 Å². The van der Waals surface area contributed by atoms with Crippen molar-refractivity contribution in [3.05, 3.63) is 52.0 Å². The highest BCUT2D eigenvalue weighted by Gasteiger charge is 2.37. The molecule has 1 aliphatic rings. The normalized spacial score (nSPS) is 16.3. The van der Waals surface area contributed by atoms with Gasteiger partial charge in [0.2, 0.25) is 5.91 Å². The van der Waals surface area contributed by atoms with Gasteiger partial charge in [0, 0.05) is 24.0 Å². The summed E-state index contributed by atoms with van der Waals surface area (Å²) in [4.78, 5) is 14.0. The van der Waals surface area contributed by atoms with E-state index in [0.29, 0.717) is 28.8 Å². The van der Waals surface area contributed by atoms with Crippen molar-refractivity contribution >= 4 is 43.2 Å². The van der Waals surface area contributed by atoms with Gasteiger partial charge in [0.05, 0.1) is 11.4 Å². The van der Waals surface area contributed by atoms with Crippen molar-refractivity contribution in [3.8, 4) is 0 Å². The first-order valence-corrected chi connectivity index (χ1v) is 11.1. The number of rotatable bonds is 4. The molecule has 0 fully saturated rings. The van der Waals surface area contributed by atoms with E-state index in [1.54, 1.807) is 17.0 Å². The van der Waals surface area contributed by atoms with Gasteiger partial charge in [-0.1, -0.05) is 28.1 Å². The molecule has 2 aromatic carbocycles. The first-order chi connectivity index (χ1) is 12.7. The third kappa shape index (κ3) is 3.50. The van der Waals surface area contributed by atoms with Crippen LogP contribution in [0.2, 0.25) is 0 Å². The minimum absolute atomic E-state index is 0.0743. The lowest BCUT2D eigenvalue weighted by Crippen LogP contribution is -2.36. The number of benzene rings is 2. The highest BCUT2D eigenvalue weighted by atomic mass is 79.9. The van der Waals surface area contributed by atoms with E-state index in [-0.39, 0.29) is 16.8 Å². The van der Waals surface area contributed by atoms with Crippen LogP contribution in [0.5, 0.6) is 0 Å². The number of aryl methyl sites for hydroxylation is 1. The van der Waals surface area contributed by atoms with Gasteiger partial charge >= 0.3 is 0 Å². The Balaban J connectivity index is 2.22. The standard InChI is InChI=1S/C20H23BrN2O3S/c1-5-22(18-8-6-7-13(2)9-18)27(25,26)19-12-17(21)11-16-10-14(3)23(15(4)24)20(16)19/h6-9,11-12,14H,5,10H2,1-4H3/t14-/m0/s1. The Hall–Kier alpha value is -1.86. The summed E-state index contributed by atoms with van der Waals surface area (Å²) in [5.74, 6) is -0.154. The third-order valence-electron chi connectivity index (χ3n) is 4.80. The molecule has 5 nitrogen and oxygen atoms in total. The van der Waals surface area contributed by atoms with Crippen LogP contribution >= 0.6 is 15.9 Å². The largest absolute Gasteiger partial charge is 0.308 e. The fourth-order valence-electron chi connectivity index (χ4n) is 3.74. The molecule has 144 valence electrons. The van der Waals surface area contributed by atoms with Crippen LogP contribution in [0.4, 0.5) is 11.4 Å². The van der Waals surface area contributed by atoms with Crippen LogP contribution in [-0.2, 0) is 21.2 Å². The topological polar surface area (TPSA) is 57.7 Å². The average molecular weight is 451 g/mol. The second-order valence-corrected chi connectivity index (χ2v) is 9.61. The van der Waals surface area contributed by atoms with E-state index in [1.807, 2.05) is 45.0 Å². The second-order valence-electron chi connectivity index (χ2n) is 6.86. The summed E-state index contributed by atoms with van der Waals surface area (Å²) < 4.78 is 29.3. The van der Waals surface area contributed by atoms with E-state index in [4.69, 9.17) is 0 Å². The van der Waals surface area contributed by atoms with Gasteiger partial charge in [0.15, 0.2) is 0 Å². The van der Waals surface area contributed by atoms with E-state index < -0.39 is 10.0 Å². The Kier molecular flexibility index (Phi) is 5.36. The molecule has 0 aromatic heterocycles. The van der Waals surface area contributed by atoms with Gasteiger partial charge in [-0.25, -0.2) is 8.42 Å². The Morgan fingerprint density at radius 1 is 1.30 bits per heavy atom. The summed E-state index contributed by atoms with van der Waals surface area (Å²) in [6, 6.07) is 10.8. The maximum atomic E-state index is 13.6. The Morgan fingerprint density at radius 3 is 2.59 bits per heavy atom. The van der Waals surface area contributed by atoms with Crippen molar-refractivity contribution in [2.45, 2.75) is 45.1 Å². The van der Waals surface area contributed by atoms with Crippen LogP contribution in [0, 0.1) is 6.92 Å². The van der Waals surface area contributed by atoms with E-state index in [1.165, 1.54) is 11.2 Å². The van der Waals surface area contributed by atoms with Crippen LogP contribution in [0.15, 0.2) is 45.8 Å². The van der Waals surface area contributed by atoms with Crippen molar-refractivity contribution in [2.24, 2.45) is 0 Å². The molecule has 0 N–H and O–H groups in total. The number of hydrogen-bond donors (Lipinski definition) is 0. The predicted octanol–water partition coefficient (Wildman–Crippen LogP) is 4.27. The van der Waals surface area contributed by atoms with Crippen molar-refractivity contribution in [1.29, 1.82) is 0 Å². The zero-order chi connectivity index (χ0) is 19.9. The summed E-state index contributed by atoms with van der Waals surface area (Å²) in [6.45, 7) is 7.44. The Labute approximate surface area is 169 Å². The first kappa shape index (κ1) is 19.9. The maximum absolute atomic E-state index is 13.6. The van der Waals surface area contributed by atoms with Crippen LogP contribution < -0.4 is 9.21 Å². The molecule has 1 atom stereocenters. The van der Waals surface area contributed by atoms with Gasteiger partial charge < -0.3 is 4.90 Å². The molecular formula is C20H23BrN2O3S. The smallest absolute Gasteiger partial charge is 0.266 e. The fraction of sp³-hybridized carbons (Fsp3) is 0.350. The predicted molar refractivity (Wildman–Crippen MR) is 112 cm³/mol. The van der Waals surface area contributed by atoms with Crippen LogP contribution in [0.1, 0.15) is 31.9 Å². The lowest BCUT2D eigenvalue weighted by Gasteiger charge is -2.27. The zero-order valence-electron chi connectivity index (χ0n) is 15.9. The number of amides is 1. The minimum atomic E-state index is -3.85. The monoisotopic (exact) mass is 450 g/mol. The number of hydrogen-bond acceptors (Lipinski definition) is 3. The van der Waals surface area contributed by atoms with Crippen LogP contribution in [-0.4, -0.2) is 26.9 Å². The number of nitrogens with zero attached hydrogens (tertiary/aromatic N) is 2. The van der Waals surface area contributed by atoms with Gasteiger partial charge in [-0.15, -0.1) is 0 Å². The summed E-state index contributed by atoms with van der Waals surface area (Å²) >= 11 is 3.44. The Morgan fingerprint density at radius 2 is 2.00 bits per heavy atom. The highest BCUT2D eigenvalue weighted by molar-refractivity contribution is 9.10. The van der Waals surface area contributed by atoms with Gasteiger partial charge in [-0.2, -0.15) is 0 Å². The molecule has 0 saturated heterocycles. The van der Waals surface area contributed by atoms with Crippen molar-refractivity contribution in [2.75, 3.05) is 15.7 Å². The molecule has 1 heterocycles. The molecule has 0 unspecified atom stereocenters. The zero-order valence-corrected chi connectivity index (χ0v) is 18.3. The second kappa shape index (κ2) is 7.28. The summed E-state index contributed by atoms with van der Waals surface area (Å²) in [6.07, 6.45) is 0.632. The molecule has 3 rings (SSSR count). The molecule has 1 aliphatic heterocycles. The molecule has 0 spiro atoms. The number of anilines is 2. The summed E-state index contributed by atoms with van der Waals surface area (Å²) in [5, 5.41) is 0. The molecular weight excluding hydrogens is 428 g/mol. The number of carbonyl (C=O) groups excluding carboxylic acids is 1. The maximum Gasteiger partial charge on any atom is 0.266 e. The molecule has 7 heteroatoms. The number of halogens is 1. The van der Waals surface area contributed by atoms with E-state index in [2.05, 4.69) is 15.9 Å².